The SMILES string of the molecule is [CH3][Sn]([CH3])([CH3])[CH2]CC(CC(F)(F)C(F)(F)C(F)(F)C(F)(F)F)c1ccccc1. The Morgan fingerprint density at radius 2 is 1.26 bits per heavy atom. The Morgan fingerprint density at radius 3 is 1.67 bits per heavy atom. The van der Waals surface area contributed by atoms with Gasteiger partial charge < -0.3 is 0 Å². The van der Waals surface area contributed by atoms with Gasteiger partial charge in [-0.3, -0.25) is 0 Å². The van der Waals surface area contributed by atoms with Crippen molar-refractivity contribution in [3.05, 3.63) is 35.9 Å². The van der Waals surface area contributed by atoms with E-state index in [1.165, 1.54) is 24.3 Å². The molecule has 1 rings (SSSR count). The number of hydrogen-bond acceptors (Lipinski definition) is 0. The third kappa shape index (κ3) is 5.69. The van der Waals surface area contributed by atoms with Gasteiger partial charge in [0.05, 0.1) is 0 Å². The minimum absolute atomic E-state index is 0.0207. The van der Waals surface area contributed by atoms with Crippen LogP contribution in [-0.2, 0) is 0 Å². The molecule has 0 amide bonds. The van der Waals surface area contributed by atoms with Gasteiger partial charge in [-0.2, -0.15) is 0 Å². The van der Waals surface area contributed by atoms with Crippen molar-refractivity contribution in [3.63, 3.8) is 0 Å². The topological polar surface area (TPSA) is 0 Å². The summed E-state index contributed by atoms with van der Waals surface area (Å²) in [6, 6.07) is 7.22. The van der Waals surface area contributed by atoms with Crippen LogP contribution in [0, 0.1) is 0 Å². The number of halogens is 9. The summed E-state index contributed by atoms with van der Waals surface area (Å²) in [4.78, 5) is 5.92. The summed E-state index contributed by atoms with van der Waals surface area (Å²) in [5.74, 6) is -20.2. The molecule has 10 heteroatoms. The molecule has 0 radical (unpaired) electrons. The molecule has 1 unspecified atom stereocenters. The van der Waals surface area contributed by atoms with Crippen LogP contribution in [0.3, 0.4) is 0 Å². The summed E-state index contributed by atoms with van der Waals surface area (Å²) >= 11 is -2.53. The van der Waals surface area contributed by atoms with Crippen LogP contribution in [0.25, 0.3) is 0 Å². The number of benzene rings is 1. The van der Waals surface area contributed by atoms with Crippen molar-refractivity contribution in [2.45, 2.75) is 62.0 Å². The predicted octanol–water partition coefficient (Wildman–Crippen LogP) is 7.36. The standard InChI is InChI=1S/C14H12F9.3CH3.Sn/c1-2-9(10-6-4-3-5-7-10)8-11(15,16)12(17,18)13(19,20)14(21,22)23;;;;/h3-7,9H,1-2,8H2;3*1H3;. The minimum atomic E-state index is -6.84. The average Bonchev–Trinajstić information content (AvgIpc) is 2.50. The van der Waals surface area contributed by atoms with Gasteiger partial charge in [-0.05, 0) is 0 Å². The van der Waals surface area contributed by atoms with E-state index >= 15 is 0 Å². The maximum atomic E-state index is 14.1. The second-order valence-electron chi connectivity index (χ2n) is 7.76. The molecule has 27 heavy (non-hydrogen) atoms. The van der Waals surface area contributed by atoms with E-state index in [1.54, 1.807) is 6.07 Å². The van der Waals surface area contributed by atoms with Gasteiger partial charge in [0.25, 0.3) is 0 Å². The molecule has 0 heterocycles. The molecule has 0 bridgehead atoms. The zero-order valence-corrected chi connectivity index (χ0v) is 17.8. The summed E-state index contributed by atoms with van der Waals surface area (Å²) in [7, 11) is 0. The zero-order chi connectivity index (χ0) is 21.3. The molecule has 0 spiro atoms. The molecule has 0 nitrogen and oxygen atoms in total. The van der Waals surface area contributed by atoms with Crippen LogP contribution in [0.15, 0.2) is 30.3 Å². The Kier molecular flexibility index (Phi) is 7.26. The monoisotopic (exact) mass is 516 g/mol. The Hall–Kier alpha value is -0.611. The van der Waals surface area contributed by atoms with Crippen LogP contribution in [0.1, 0.15) is 24.3 Å². The summed E-state index contributed by atoms with van der Waals surface area (Å²) in [5.41, 5.74) is 0.207. The van der Waals surface area contributed by atoms with Gasteiger partial charge in [0, 0.05) is 0 Å². The van der Waals surface area contributed by atoms with Crippen LogP contribution in [0.5, 0.6) is 0 Å². The number of hydrogen-bond donors (Lipinski definition) is 0. The van der Waals surface area contributed by atoms with Crippen molar-refractivity contribution in [1.29, 1.82) is 0 Å². The van der Waals surface area contributed by atoms with Gasteiger partial charge >= 0.3 is 156 Å². The van der Waals surface area contributed by atoms with Gasteiger partial charge in [-0.25, -0.2) is 0 Å². The molecule has 0 aliphatic rings. The van der Waals surface area contributed by atoms with E-state index in [9.17, 15) is 39.5 Å². The second-order valence-corrected chi connectivity index (χ2v) is 23.8. The number of rotatable bonds is 8. The number of alkyl halides is 9. The second kappa shape index (κ2) is 8.02. The normalized spacial score (nSPS) is 15.7. The van der Waals surface area contributed by atoms with Crippen molar-refractivity contribution in [2.75, 3.05) is 0 Å². The first-order valence-corrected chi connectivity index (χ1v) is 18.8. The van der Waals surface area contributed by atoms with Crippen LogP contribution < -0.4 is 0 Å². The Labute approximate surface area is 156 Å². The fourth-order valence-electron chi connectivity index (χ4n) is 2.56. The van der Waals surface area contributed by atoms with E-state index in [1.807, 2.05) is 14.8 Å². The van der Waals surface area contributed by atoms with Crippen molar-refractivity contribution in [3.8, 4) is 0 Å². The van der Waals surface area contributed by atoms with Crippen LogP contribution >= 0.6 is 0 Å². The van der Waals surface area contributed by atoms with Gasteiger partial charge in [0.1, 0.15) is 0 Å². The quantitative estimate of drug-likeness (QED) is 0.251. The molecule has 0 aromatic heterocycles. The summed E-state index contributed by atoms with van der Waals surface area (Å²) in [6.07, 6.45) is -8.56. The molecule has 0 aliphatic carbocycles. The molecule has 1 atom stereocenters. The van der Waals surface area contributed by atoms with E-state index in [4.69, 9.17) is 0 Å². The fraction of sp³-hybridized carbons (Fsp3) is 0.647. The van der Waals surface area contributed by atoms with Gasteiger partial charge in [0.2, 0.25) is 0 Å². The average molecular weight is 515 g/mol. The van der Waals surface area contributed by atoms with E-state index in [2.05, 4.69) is 0 Å². The molecule has 1 aromatic rings. The summed E-state index contributed by atoms with van der Waals surface area (Å²) in [5, 5.41) is 0. The van der Waals surface area contributed by atoms with Crippen LogP contribution in [-0.4, -0.2) is 42.3 Å². The first-order valence-electron chi connectivity index (χ1n) is 8.17. The Balaban J connectivity index is 3.21. The van der Waals surface area contributed by atoms with Crippen LogP contribution in [0.2, 0.25) is 19.3 Å². The Bertz CT molecular complexity index is 603. The van der Waals surface area contributed by atoms with Crippen molar-refractivity contribution in [1.82, 2.24) is 0 Å². The molecule has 0 fully saturated rings. The van der Waals surface area contributed by atoms with E-state index in [0.29, 0.717) is 4.44 Å². The van der Waals surface area contributed by atoms with Crippen LogP contribution in [0.4, 0.5) is 39.5 Å². The maximum absolute atomic E-state index is 14.1. The molecular weight excluding hydrogens is 494 g/mol. The fourth-order valence-corrected chi connectivity index (χ4v) is 6.03. The predicted molar refractivity (Wildman–Crippen MR) is 87.5 cm³/mol. The van der Waals surface area contributed by atoms with Gasteiger partial charge in [-0.1, -0.05) is 0 Å². The van der Waals surface area contributed by atoms with Crippen molar-refractivity contribution in [2.24, 2.45) is 0 Å². The van der Waals surface area contributed by atoms with Gasteiger partial charge in [-0.15, -0.1) is 0 Å². The molecule has 156 valence electrons. The first-order chi connectivity index (χ1) is 11.9. The third-order valence-corrected chi connectivity index (χ3v) is 9.33. The summed E-state index contributed by atoms with van der Waals surface area (Å²) in [6.45, 7) is 0. The molecule has 0 N–H and O–H groups in total. The van der Waals surface area contributed by atoms with E-state index < -0.39 is 54.7 Å². The van der Waals surface area contributed by atoms with E-state index in [0.717, 1.165) is 0 Å². The molecule has 1 aromatic carbocycles. The zero-order valence-electron chi connectivity index (χ0n) is 15.0. The first kappa shape index (κ1) is 24.4. The summed E-state index contributed by atoms with van der Waals surface area (Å²) < 4.78 is 119. The Morgan fingerprint density at radius 1 is 0.778 bits per heavy atom. The molecule has 0 saturated heterocycles. The van der Waals surface area contributed by atoms with Crippen molar-refractivity contribution < 1.29 is 39.5 Å². The molecule has 0 saturated carbocycles. The molecule has 0 aliphatic heterocycles. The van der Waals surface area contributed by atoms with Gasteiger partial charge in [0.15, 0.2) is 0 Å². The third-order valence-electron chi connectivity index (χ3n) is 4.23. The molecular formula is C17H21F9Sn. The van der Waals surface area contributed by atoms with Crippen molar-refractivity contribution >= 4 is 18.4 Å². The van der Waals surface area contributed by atoms with E-state index in [-0.39, 0.29) is 12.0 Å².